The molecule has 3 heteroatoms. The predicted molar refractivity (Wildman–Crippen MR) is 83.9 cm³/mol. The molecule has 2 unspecified atom stereocenters. The summed E-state index contributed by atoms with van der Waals surface area (Å²) in [5.74, 6) is 0. The van der Waals surface area contributed by atoms with Crippen LogP contribution in [-0.2, 0) is 0 Å². The first kappa shape index (κ1) is 15.5. The Morgan fingerprint density at radius 1 is 1.35 bits per heavy atom. The van der Waals surface area contributed by atoms with Crippen LogP contribution in [0, 0.1) is 6.92 Å². The Hall–Kier alpha value is -0.900. The molecule has 0 amide bonds. The molecule has 1 heterocycles. The number of benzene rings is 1. The zero-order valence-electron chi connectivity index (χ0n) is 13.0. The number of likely N-dealkylation sites (tertiary alicyclic amines) is 1. The molecule has 112 valence electrons. The third kappa shape index (κ3) is 4.05. The van der Waals surface area contributed by atoms with Gasteiger partial charge in [0.15, 0.2) is 0 Å². The lowest BCUT2D eigenvalue weighted by atomic mass is 10.1. The summed E-state index contributed by atoms with van der Waals surface area (Å²) in [7, 11) is 2.11. The highest BCUT2D eigenvalue weighted by Gasteiger charge is 2.24. The number of hydrogen-bond acceptors (Lipinski definition) is 3. The lowest BCUT2D eigenvalue weighted by Crippen LogP contribution is -2.40. The molecular weight excluding hydrogens is 248 g/mol. The van der Waals surface area contributed by atoms with Gasteiger partial charge in [-0.25, -0.2) is 0 Å². The first-order chi connectivity index (χ1) is 9.60. The lowest BCUT2D eigenvalue weighted by molar-refractivity contribution is 0.109. The number of rotatable bonds is 6. The van der Waals surface area contributed by atoms with E-state index in [0.717, 1.165) is 18.7 Å². The first-order valence-electron chi connectivity index (χ1n) is 7.77. The van der Waals surface area contributed by atoms with E-state index in [0.29, 0.717) is 12.6 Å². The molecule has 0 saturated carbocycles. The van der Waals surface area contributed by atoms with E-state index in [2.05, 4.69) is 42.8 Å². The number of aryl methyl sites for hydroxylation is 1. The van der Waals surface area contributed by atoms with Crippen molar-refractivity contribution >= 4 is 0 Å². The Labute approximate surface area is 123 Å². The van der Waals surface area contributed by atoms with Crippen LogP contribution in [-0.4, -0.2) is 54.2 Å². The van der Waals surface area contributed by atoms with Crippen molar-refractivity contribution in [2.24, 2.45) is 0 Å². The molecule has 1 saturated heterocycles. The molecule has 1 fully saturated rings. The Morgan fingerprint density at radius 3 is 2.70 bits per heavy atom. The van der Waals surface area contributed by atoms with Crippen molar-refractivity contribution in [2.45, 2.75) is 38.8 Å². The monoisotopic (exact) mass is 276 g/mol. The van der Waals surface area contributed by atoms with Crippen LogP contribution in [0.4, 0.5) is 0 Å². The van der Waals surface area contributed by atoms with Crippen molar-refractivity contribution in [3.05, 3.63) is 35.4 Å². The highest BCUT2D eigenvalue weighted by Crippen LogP contribution is 2.19. The zero-order valence-corrected chi connectivity index (χ0v) is 13.0. The normalized spacial score (nSPS) is 21.6. The van der Waals surface area contributed by atoms with Gasteiger partial charge in [0.2, 0.25) is 0 Å². The summed E-state index contributed by atoms with van der Waals surface area (Å²) < 4.78 is 0. The van der Waals surface area contributed by atoms with Gasteiger partial charge in [-0.15, -0.1) is 0 Å². The molecule has 1 aromatic rings. The third-order valence-corrected chi connectivity index (χ3v) is 4.37. The minimum absolute atomic E-state index is 0.392. The molecule has 2 rings (SSSR count). The summed E-state index contributed by atoms with van der Waals surface area (Å²) in [6.45, 7) is 8.43. The highest BCUT2D eigenvalue weighted by molar-refractivity contribution is 5.23. The van der Waals surface area contributed by atoms with E-state index in [1.165, 1.54) is 24.9 Å². The van der Waals surface area contributed by atoms with Crippen LogP contribution in [0.15, 0.2) is 24.3 Å². The van der Waals surface area contributed by atoms with Gasteiger partial charge in [0.05, 0.1) is 6.10 Å². The van der Waals surface area contributed by atoms with Crippen molar-refractivity contribution in [3.63, 3.8) is 0 Å². The quantitative estimate of drug-likeness (QED) is 0.864. The smallest absolute Gasteiger partial charge is 0.0916 e. The van der Waals surface area contributed by atoms with Crippen LogP contribution in [0.2, 0.25) is 0 Å². The maximum Gasteiger partial charge on any atom is 0.0916 e. The van der Waals surface area contributed by atoms with Crippen LogP contribution in [0.25, 0.3) is 0 Å². The van der Waals surface area contributed by atoms with Gasteiger partial charge in [-0.05, 0) is 45.5 Å². The molecule has 1 aromatic carbocycles. The second-order valence-electron chi connectivity index (χ2n) is 6.07. The molecule has 2 atom stereocenters. The summed E-state index contributed by atoms with van der Waals surface area (Å²) >= 11 is 0. The second kappa shape index (κ2) is 7.21. The van der Waals surface area contributed by atoms with Gasteiger partial charge in [0.1, 0.15) is 0 Å². The van der Waals surface area contributed by atoms with Crippen LogP contribution < -0.4 is 0 Å². The predicted octanol–water partition coefficient (Wildman–Crippen LogP) is 2.44. The SMILES string of the molecule is CCN1CCCC1CN(C)CC(O)c1ccc(C)cc1. The van der Waals surface area contributed by atoms with Crippen LogP contribution in [0.3, 0.4) is 0 Å². The van der Waals surface area contributed by atoms with Crippen LogP contribution >= 0.6 is 0 Å². The van der Waals surface area contributed by atoms with Gasteiger partial charge in [0, 0.05) is 19.1 Å². The third-order valence-electron chi connectivity index (χ3n) is 4.37. The summed E-state index contributed by atoms with van der Waals surface area (Å²) in [5, 5.41) is 10.3. The minimum Gasteiger partial charge on any atom is -0.387 e. The topological polar surface area (TPSA) is 26.7 Å². The first-order valence-corrected chi connectivity index (χ1v) is 7.77. The number of likely N-dealkylation sites (N-methyl/N-ethyl adjacent to an activating group) is 2. The van der Waals surface area contributed by atoms with Crippen LogP contribution in [0.1, 0.15) is 37.0 Å². The summed E-state index contributed by atoms with van der Waals surface area (Å²) in [6, 6.07) is 8.85. The fourth-order valence-corrected chi connectivity index (χ4v) is 3.14. The molecule has 0 bridgehead atoms. The van der Waals surface area contributed by atoms with E-state index >= 15 is 0 Å². The number of aliphatic hydroxyl groups excluding tert-OH is 1. The van der Waals surface area contributed by atoms with Crippen molar-refractivity contribution in [3.8, 4) is 0 Å². The fourth-order valence-electron chi connectivity index (χ4n) is 3.14. The largest absolute Gasteiger partial charge is 0.387 e. The second-order valence-corrected chi connectivity index (χ2v) is 6.07. The lowest BCUT2D eigenvalue weighted by Gasteiger charge is -2.29. The van der Waals surface area contributed by atoms with Gasteiger partial charge in [-0.2, -0.15) is 0 Å². The maximum absolute atomic E-state index is 10.3. The summed E-state index contributed by atoms with van der Waals surface area (Å²) in [6.07, 6.45) is 2.21. The molecule has 0 radical (unpaired) electrons. The standard InChI is InChI=1S/C17H28N2O/c1-4-19-11-5-6-16(19)12-18(3)13-17(20)15-9-7-14(2)8-10-15/h7-10,16-17,20H,4-6,11-13H2,1-3H3. The van der Waals surface area contributed by atoms with Gasteiger partial charge < -0.3 is 10.0 Å². The molecule has 1 aliphatic heterocycles. The highest BCUT2D eigenvalue weighted by atomic mass is 16.3. The molecule has 20 heavy (non-hydrogen) atoms. The average molecular weight is 276 g/mol. The van der Waals surface area contributed by atoms with E-state index in [1.54, 1.807) is 0 Å². The van der Waals surface area contributed by atoms with Gasteiger partial charge in [-0.3, -0.25) is 4.90 Å². The zero-order chi connectivity index (χ0) is 14.5. The maximum atomic E-state index is 10.3. The molecule has 3 nitrogen and oxygen atoms in total. The molecular formula is C17H28N2O. The van der Waals surface area contributed by atoms with E-state index in [-0.39, 0.29) is 0 Å². The molecule has 0 spiro atoms. The van der Waals surface area contributed by atoms with E-state index in [4.69, 9.17) is 0 Å². The Kier molecular flexibility index (Phi) is 5.58. The van der Waals surface area contributed by atoms with Crippen molar-refractivity contribution in [1.29, 1.82) is 0 Å². The Morgan fingerprint density at radius 2 is 2.05 bits per heavy atom. The van der Waals surface area contributed by atoms with Crippen molar-refractivity contribution in [1.82, 2.24) is 9.80 Å². The number of hydrogen-bond donors (Lipinski definition) is 1. The van der Waals surface area contributed by atoms with E-state index in [1.807, 2.05) is 12.1 Å². The van der Waals surface area contributed by atoms with Crippen molar-refractivity contribution < 1.29 is 5.11 Å². The van der Waals surface area contributed by atoms with E-state index in [9.17, 15) is 5.11 Å². The molecule has 0 aromatic heterocycles. The summed E-state index contributed by atoms with van der Waals surface area (Å²) in [4.78, 5) is 4.82. The van der Waals surface area contributed by atoms with Crippen LogP contribution in [0.5, 0.6) is 0 Å². The average Bonchev–Trinajstić information content (AvgIpc) is 2.86. The molecule has 1 N–H and O–H groups in total. The minimum atomic E-state index is -0.392. The van der Waals surface area contributed by atoms with Gasteiger partial charge >= 0.3 is 0 Å². The Balaban J connectivity index is 1.84. The number of aliphatic hydroxyl groups is 1. The number of nitrogens with zero attached hydrogens (tertiary/aromatic N) is 2. The van der Waals surface area contributed by atoms with E-state index < -0.39 is 6.10 Å². The van der Waals surface area contributed by atoms with Crippen molar-refractivity contribution in [2.75, 3.05) is 33.2 Å². The molecule has 0 aliphatic carbocycles. The Bertz CT molecular complexity index is 404. The van der Waals surface area contributed by atoms with Gasteiger partial charge in [-0.1, -0.05) is 36.8 Å². The summed E-state index contributed by atoms with van der Waals surface area (Å²) in [5.41, 5.74) is 2.25. The molecule has 1 aliphatic rings. The fraction of sp³-hybridized carbons (Fsp3) is 0.647. The van der Waals surface area contributed by atoms with Gasteiger partial charge in [0.25, 0.3) is 0 Å².